The van der Waals surface area contributed by atoms with Crippen LogP contribution in [0.4, 0.5) is 5.69 Å². The first-order chi connectivity index (χ1) is 15.0. The third-order valence-corrected chi connectivity index (χ3v) is 6.01. The summed E-state index contributed by atoms with van der Waals surface area (Å²) in [6.07, 6.45) is 3.09. The Balaban J connectivity index is 1.77. The molecule has 3 heterocycles. The lowest BCUT2D eigenvalue weighted by Gasteiger charge is -2.25. The Labute approximate surface area is 182 Å². The van der Waals surface area contributed by atoms with Crippen LogP contribution in [0.2, 0.25) is 5.02 Å². The maximum absolute atomic E-state index is 13.2. The van der Waals surface area contributed by atoms with Gasteiger partial charge in [0.1, 0.15) is 17.6 Å². The van der Waals surface area contributed by atoms with Gasteiger partial charge >= 0.3 is 0 Å². The molecule has 0 aliphatic carbocycles. The number of hydrogen-bond acceptors (Lipinski definition) is 4. The summed E-state index contributed by atoms with van der Waals surface area (Å²) in [5, 5.41) is 12.5. The SMILES string of the molecule is Cc1c(Cl)cccc1N1C(=O)C(=O)/C(=C(\O)c2c[nH]c3ccccc23)C1c1ccco1. The molecule has 0 saturated carbocycles. The lowest BCUT2D eigenvalue weighted by Crippen LogP contribution is -2.30. The Hall–Kier alpha value is -3.77. The number of ketones is 1. The van der Waals surface area contributed by atoms with Gasteiger partial charge in [-0.3, -0.25) is 14.5 Å². The molecule has 5 rings (SSSR count). The number of benzene rings is 2. The van der Waals surface area contributed by atoms with E-state index in [1.807, 2.05) is 24.3 Å². The molecule has 1 aliphatic heterocycles. The topological polar surface area (TPSA) is 86.5 Å². The molecule has 2 N–H and O–H groups in total. The van der Waals surface area contributed by atoms with E-state index >= 15 is 0 Å². The zero-order chi connectivity index (χ0) is 21.7. The summed E-state index contributed by atoms with van der Waals surface area (Å²) in [6.45, 7) is 1.77. The number of aromatic amines is 1. The number of halogens is 1. The maximum atomic E-state index is 13.2. The van der Waals surface area contributed by atoms with Gasteiger partial charge in [-0.1, -0.05) is 35.9 Å². The van der Waals surface area contributed by atoms with E-state index in [1.54, 1.807) is 43.5 Å². The van der Waals surface area contributed by atoms with Crippen LogP contribution in [-0.2, 0) is 9.59 Å². The van der Waals surface area contributed by atoms with Crippen molar-refractivity contribution in [1.29, 1.82) is 0 Å². The highest BCUT2D eigenvalue weighted by molar-refractivity contribution is 6.52. The number of rotatable bonds is 3. The molecular weight excluding hydrogens is 416 g/mol. The first-order valence-electron chi connectivity index (χ1n) is 9.65. The van der Waals surface area contributed by atoms with E-state index in [0.29, 0.717) is 27.6 Å². The van der Waals surface area contributed by atoms with Crippen LogP contribution >= 0.6 is 11.6 Å². The maximum Gasteiger partial charge on any atom is 0.300 e. The number of aliphatic hydroxyl groups is 1. The predicted molar refractivity (Wildman–Crippen MR) is 118 cm³/mol. The molecule has 0 spiro atoms. The second-order valence-corrected chi connectivity index (χ2v) is 7.72. The fraction of sp³-hybridized carbons (Fsp3) is 0.0833. The Kier molecular flexibility index (Phi) is 4.45. The van der Waals surface area contributed by atoms with Crippen molar-refractivity contribution >= 4 is 45.6 Å². The smallest absolute Gasteiger partial charge is 0.300 e. The van der Waals surface area contributed by atoms with Gasteiger partial charge in [-0.2, -0.15) is 0 Å². The summed E-state index contributed by atoms with van der Waals surface area (Å²) >= 11 is 6.28. The summed E-state index contributed by atoms with van der Waals surface area (Å²) in [4.78, 5) is 30.8. The normalized spacial score (nSPS) is 18.3. The van der Waals surface area contributed by atoms with Gasteiger partial charge < -0.3 is 14.5 Å². The minimum atomic E-state index is -0.930. The van der Waals surface area contributed by atoms with Crippen LogP contribution in [0.15, 0.2) is 77.0 Å². The number of carbonyl (C=O) groups is 2. The minimum Gasteiger partial charge on any atom is -0.507 e. The van der Waals surface area contributed by atoms with Gasteiger partial charge in [0, 0.05) is 33.4 Å². The molecule has 4 aromatic rings. The minimum absolute atomic E-state index is 0.0379. The fourth-order valence-electron chi connectivity index (χ4n) is 4.07. The largest absolute Gasteiger partial charge is 0.507 e. The number of Topliss-reactive ketones (excluding diaryl/α,β-unsaturated/α-hetero) is 1. The molecule has 6 nitrogen and oxygen atoms in total. The lowest BCUT2D eigenvalue weighted by molar-refractivity contribution is -0.132. The summed E-state index contributed by atoms with van der Waals surface area (Å²) in [7, 11) is 0. The standard InChI is InChI=1S/C24H17ClN2O4/c1-13-16(25)7-4-9-18(13)27-21(19-10-5-11-31-19)20(23(29)24(27)30)22(28)15-12-26-17-8-3-2-6-14(15)17/h2-12,21,26,28H,1H3/b22-20-. The van der Waals surface area contributed by atoms with Gasteiger partial charge in [-0.15, -0.1) is 0 Å². The number of nitrogens with zero attached hydrogens (tertiary/aromatic N) is 1. The number of para-hydroxylation sites is 1. The number of H-pyrrole nitrogens is 1. The quantitative estimate of drug-likeness (QED) is 0.259. The Morgan fingerprint density at radius 2 is 1.90 bits per heavy atom. The van der Waals surface area contributed by atoms with Crippen LogP contribution in [0.5, 0.6) is 0 Å². The molecular formula is C24H17ClN2O4. The van der Waals surface area contributed by atoms with Gasteiger partial charge in [0.25, 0.3) is 11.7 Å². The summed E-state index contributed by atoms with van der Waals surface area (Å²) in [5.41, 5.74) is 2.33. The number of anilines is 1. The van der Waals surface area contributed by atoms with Crippen LogP contribution in [0.1, 0.15) is 22.9 Å². The Morgan fingerprint density at radius 1 is 1.10 bits per heavy atom. The number of carbonyl (C=O) groups excluding carboxylic acids is 2. The highest BCUT2D eigenvalue weighted by Gasteiger charge is 2.49. The number of nitrogens with one attached hydrogen (secondary N) is 1. The molecule has 7 heteroatoms. The first kappa shape index (κ1) is 19.2. The van der Waals surface area contributed by atoms with E-state index in [4.69, 9.17) is 16.0 Å². The molecule has 1 atom stereocenters. The molecule has 2 aromatic carbocycles. The second kappa shape index (κ2) is 7.18. The van der Waals surface area contributed by atoms with Crippen LogP contribution in [0.3, 0.4) is 0 Å². The first-order valence-corrected chi connectivity index (χ1v) is 10.0. The zero-order valence-corrected chi connectivity index (χ0v) is 17.2. The summed E-state index contributed by atoms with van der Waals surface area (Å²) in [5.74, 6) is -1.45. The molecule has 1 saturated heterocycles. The van der Waals surface area contributed by atoms with Crippen molar-refractivity contribution in [3.63, 3.8) is 0 Å². The van der Waals surface area contributed by atoms with E-state index < -0.39 is 17.7 Å². The molecule has 1 aliphatic rings. The number of fused-ring (bicyclic) bond motifs is 1. The average Bonchev–Trinajstić information content (AvgIpc) is 3.49. The van der Waals surface area contributed by atoms with E-state index in [2.05, 4.69) is 4.98 Å². The number of furan rings is 1. The van der Waals surface area contributed by atoms with Crippen molar-refractivity contribution in [1.82, 2.24) is 4.98 Å². The van der Waals surface area contributed by atoms with Gasteiger partial charge in [0.2, 0.25) is 0 Å². The predicted octanol–water partition coefficient (Wildman–Crippen LogP) is 5.35. The second-order valence-electron chi connectivity index (χ2n) is 7.32. The Bertz CT molecular complexity index is 1370. The molecule has 2 aromatic heterocycles. The molecule has 154 valence electrons. The van der Waals surface area contributed by atoms with Gasteiger partial charge in [0.15, 0.2) is 0 Å². The molecule has 1 amide bonds. The van der Waals surface area contributed by atoms with E-state index in [0.717, 1.165) is 10.9 Å². The van der Waals surface area contributed by atoms with E-state index in [9.17, 15) is 14.7 Å². The van der Waals surface area contributed by atoms with E-state index in [1.165, 1.54) is 11.2 Å². The van der Waals surface area contributed by atoms with Crippen molar-refractivity contribution in [2.24, 2.45) is 0 Å². The summed E-state index contributed by atoms with van der Waals surface area (Å²) < 4.78 is 5.59. The van der Waals surface area contributed by atoms with Crippen LogP contribution in [0.25, 0.3) is 16.7 Å². The van der Waals surface area contributed by atoms with Crippen LogP contribution in [-0.4, -0.2) is 21.8 Å². The van der Waals surface area contributed by atoms with Crippen molar-refractivity contribution in [3.05, 3.63) is 94.5 Å². The number of aromatic nitrogens is 1. The lowest BCUT2D eigenvalue weighted by atomic mass is 9.98. The average molecular weight is 433 g/mol. The van der Waals surface area contributed by atoms with Crippen molar-refractivity contribution in [3.8, 4) is 0 Å². The highest BCUT2D eigenvalue weighted by atomic mass is 35.5. The number of hydrogen-bond donors (Lipinski definition) is 2. The van der Waals surface area contributed by atoms with Crippen molar-refractivity contribution in [2.75, 3.05) is 4.90 Å². The van der Waals surface area contributed by atoms with Crippen molar-refractivity contribution < 1.29 is 19.1 Å². The molecule has 1 fully saturated rings. The number of aliphatic hydroxyl groups excluding tert-OH is 1. The fourth-order valence-corrected chi connectivity index (χ4v) is 4.24. The van der Waals surface area contributed by atoms with E-state index in [-0.39, 0.29) is 11.3 Å². The third kappa shape index (κ3) is 2.87. The van der Waals surface area contributed by atoms with Crippen LogP contribution < -0.4 is 4.90 Å². The Morgan fingerprint density at radius 3 is 2.68 bits per heavy atom. The number of amides is 1. The monoisotopic (exact) mass is 432 g/mol. The van der Waals surface area contributed by atoms with Crippen molar-refractivity contribution in [2.45, 2.75) is 13.0 Å². The molecule has 0 bridgehead atoms. The van der Waals surface area contributed by atoms with Gasteiger partial charge in [-0.05, 0) is 42.8 Å². The van der Waals surface area contributed by atoms with Crippen LogP contribution in [0, 0.1) is 6.92 Å². The van der Waals surface area contributed by atoms with Gasteiger partial charge in [0.05, 0.1) is 11.8 Å². The summed E-state index contributed by atoms with van der Waals surface area (Å²) in [6, 6.07) is 15.0. The van der Waals surface area contributed by atoms with Gasteiger partial charge in [-0.25, -0.2) is 0 Å². The molecule has 1 unspecified atom stereocenters. The third-order valence-electron chi connectivity index (χ3n) is 5.60. The molecule has 31 heavy (non-hydrogen) atoms. The zero-order valence-electron chi connectivity index (χ0n) is 16.4. The highest BCUT2D eigenvalue weighted by Crippen LogP contribution is 2.44. The molecule has 0 radical (unpaired) electrons.